The number of nitrogens with zero attached hydrogens (tertiary/aromatic N) is 4. The molecule has 20 rings (SSSR count). The number of fused-ring (bicyclic) bond motifs is 16. The van der Waals surface area contributed by atoms with Crippen molar-refractivity contribution >= 4 is 145 Å². The predicted molar refractivity (Wildman–Crippen MR) is 436 cm³/mol. The van der Waals surface area contributed by atoms with E-state index in [9.17, 15) is 52.1 Å². The van der Waals surface area contributed by atoms with Gasteiger partial charge in [0.05, 0.1) is 91.0 Å². The first-order chi connectivity index (χ1) is 67.5. The third kappa shape index (κ3) is 9.14. The van der Waals surface area contributed by atoms with Crippen LogP contribution >= 0.6 is 0 Å². The molecule has 6 heterocycles. The maximum atomic E-state index is 11.9. The van der Waals surface area contributed by atoms with E-state index in [-0.39, 0.29) is 22.3 Å². The number of benzene rings is 14. The molecule has 4 aromatic heterocycles. The topological polar surface area (TPSA) is 42.6 Å². The molecule has 0 atom stereocenters. The van der Waals surface area contributed by atoms with Crippen LogP contribution in [-0.2, 0) is 16.2 Å². The van der Waals surface area contributed by atoms with E-state index in [1.54, 1.807) is 65.8 Å². The van der Waals surface area contributed by atoms with E-state index in [1.807, 2.05) is 20.8 Å². The molecule has 6 nitrogen and oxygen atoms in total. The summed E-state index contributed by atoms with van der Waals surface area (Å²) in [5.74, 6) is 0. The van der Waals surface area contributed by atoms with Gasteiger partial charge in [-0.3, -0.25) is 0 Å². The molecule has 0 saturated carbocycles. The molecule has 0 spiro atoms. The molecule has 0 aliphatic carbocycles. The Morgan fingerprint density at radius 2 is 0.689 bits per heavy atom. The van der Waals surface area contributed by atoms with Crippen LogP contribution in [0.3, 0.4) is 0 Å². The predicted octanol–water partition coefficient (Wildman–Crippen LogP) is 24.7. The molecule has 103 heavy (non-hydrogen) atoms. The Kier molecular flexibility index (Phi) is 6.88. The van der Waals surface area contributed by atoms with Gasteiger partial charge in [0, 0.05) is 88.3 Å². The third-order valence-electron chi connectivity index (χ3n) is 19.2. The molecule has 0 unspecified atom stereocenters. The van der Waals surface area contributed by atoms with Crippen molar-refractivity contribution in [3.05, 3.63) is 307 Å². The highest BCUT2D eigenvalue weighted by molar-refractivity contribution is 7.00. The zero-order chi connectivity index (χ0) is 106. The summed E-state index contributed by atoms with van der Waals surface area (Å²) < 4.78 is 436. The van der Waals surface area contributed by atoms with Gasteiger partial charge in [-0.05, 0) is 156 Å². The van der Waals surface area contributed by atoms with Crippen molar-refractivity contribution in [2.45, 2.75) is 78.6 Å². The lowest BCUT2D eigenvalue weighted by Gasteiger charge is -2.45. The van der Waals surface area contributed by atoms with Crippen molar-refractivity contribution in [2.24, 2.45) is 0 Å². The second kappa shape index (κ2) is 22.2. The number of para-hydroxylation sites is 6. The van der Waals surface area contributed by atoms with E-state index >= 15 is 0 Å². The normalized spacial score (nSPS) is 18.9. The molecule has 0 saturated heterocycles. The fraction of sp³-hybridized carbons (Fsp3) is 0.125. The van der Waals surface area contributed by atoms with Gasteiger partial charge < -0.3 is 27.8 Å². The average Bonchev–Trinajstić information content (AvgIpc) is 1.64. The average molecular weight is 1370 g/mol. The van der Waals surface area contributed by atoms with E-state index in [1.165, 1.54) is 12.1 Å². The highest BCUT2D eigenvalue weighted by Gasteiger charge is 2.47. The first kappa shape index (κ1) is 31.9. The molecular weight excluding hydrogens is 1250 g/mol. The standard InChI is InChI=1S/C96H75BN4O2/c1-94(2,3)62-46-44-58(45-47-62)61-52-83-89-84(53-61)101(91-72(60-30-14-11-15-31-60)57-74(96(7,8)9)88-70-37-21-27-43-86(70)103-93(88)91)82-55-64(99-79-40-24-18-34-67(79)68-35-19-25-41-80(68)99)49-51-76(82)97(89)75-50-48-63(98-77-38-22-16-32-65(77)66-33-17-23-39-78(66)98)54-81(75)100(83)90-71(59-28-12-10-13-29-59)56-73(95(4,5)6)87-69-36-20-26-42-85(69)102-92(87)90/h10-57H,1-9H3/i10D,11D,12D,13D,14D,15D,16D,17D,18D,19D,20D,21D,22D,23D,24D,25D,26D,27D,28D,29D,30D,31D,32D,33D,34D,35D,36D,37D,38D,39D,40D,41D,42D,43D,48D,49D,50D,51D,54D,55D,56D,57D. The molecule has 2 aliphatic heterocycles. The van der Waals surface area contributed by atoms with Gasteiger partial charge in [-0.25, -0.2) is 0 Å². The molecule has 14 aromatic carbocycles. The highest BCUT2D eigenvalue weighted by Crippen LogP contribution is 2.57. The summed E-state index contributed by atoms with van der Waals surface area (Å²) in [6, 6.07) is -33.5. The molecule has 18 aromatic rings. The van der Waals surface area contributed by atoms with E-state index in [0.29, 0.717) is 5.56 Å². The number of rotatable bonds is 7. The van der Waals surface area contributed by atoms with Gasteiger partial charge in [-0.1, -0.05) is 268 Å². The summed E-state index contributed by atoms with van der Waals surface area (Å²) in [7, 11) is 0. The molecule has 0 radical (unpaired) electrons. The fourth-order valence-corrected chi connectivity index (χ4v) is 14.7. The summed E-state index contributed by atoms with van der Waals surface area (Å²) in [5, 5.41) is -4.41. The second-order valence-corrected chi connectivity index (χ2v) is 28.4. The van der Waals surface area contributed by atoms with Gasteiger partial charge in [0.1, 0.15) is 11.2 Å². The zero-order valence-corrected chi connectivity index (χ0v) is 56.1. The maximum absolute atomic E-state index is 11.9. The first-order valence-corrected chi connectivity index (χ1v) is 32.8. The largest absolute Gasteiger partial charge is 0.454 e. The number of furan rings is 2. The number of hydrogen-bond acceptors (Lipinski definition) is 4. The molecular formula is C96H75BN4O2. The smallest absolute Gasteiger partial charge is 0.252 e. The van der Waals surface area contributed by atoms with E-state index < -0.39 is 448 Å². The van der Waals surface area contributed by atoms with Gasteiger partial charge in [0.2, 0.25) is 0 Å². The van der Waals surface area contributed by atoms with Crippen LogP contribution in [0.5, 0.6) is 0 Å². The van der Waals surface area contributed by atoms with Crippen molar-refractivity contribution in [1.82, 2.24) is 9.13 Å². The van der Waals surface area contributed by atoms with Crippen molar-refractivity contribution in [2.75, 3.05) is 9.80 Å². The minimum atomic E-state index is -2.41. The van der Waals surface area contributed by atoms with Gasteiger partial charge in [0.25, 0.3) is 6.71 Å². The van der Waals surface area contributed by atoms with E-state index in [4.69, 9.17) is 14.3 Å². The molecule has 0 fully saturated rings. The minimum Gasteiger partial charge on any atom is -0.454 e. The van der Waals surface area contributed by atoms with Crippen LogP contribution in [0.25, 0.3) is 132 Å². The van der Waals surface area contributed by atoms with Crippen LogP contribution in [0.15, 0.2) is 299 Å². The lowest BCUT2D eigenvalue weighted by atomic mass is 9.33. The van der Waals surface area contributed by atoms with E-state index in [2.05, 4.69) is 0 Å². The van der Waals surface area contributed by atoms with Crippen LogP contribution in [-0.4, -0.2) is 15.8 Å². The monoisotopic (exact) mass is 1370 g/mol. The van der Waals surface area contributed by atoms with E-state index in [0.717, 1.165) is 18.9 Å². The quantitative estimate of drug-likeness (QED) is 0.149. The lowest BCUT2D eigenvalue weighted by molar-refractivity contribution is 0.590. The summed E-state index contributed by atoms with van der Waals surface area (Å²) in [4.78, 5) is 2.03. The van der Waals surface area contributed by atoms with Crippen molar-refractivity contribution in [3.8, 4) is 44.8 Å². The number of aromatic nitrogens is 2. The Balaban J connectivity index is 1.15. The Morgan fingerprint density at radius 3 is 1.07 bits per heavy atom. The summed E-state index contributed by atoms with van der Waals surface area (Å²) in [5.41, 5.74) is -22.2. The van der Waals surface area contributed by atoms with Crippen LogP contribution in [0.2, 0.25) is 0 Å². The van der Waals surface area contributed by atoms with Gasteiger partial charge in [-0.15, -0.1) is 0 Å². The first-order valence-electron chi connectivity index (χ1n) is 53.8. The molecule has 0 N–H and O–H groups in total. The van der Waals surface area contributed by atoms with Crippen LogP contribution in [0, 0.1) is 0 Å². The Hall–Kier alpha value is -12.1. The SMILES string of the molecule is [2H]c1c([2H])c([2H])c(-c2c([2H])c(C(C)(C)C)c3c(oc4c([2H])c([2H])c([2H])c([2H])c43)c2N2c3cc(-c4ccc(C(C)(C)C)cc4)cc4c3B(c3c([2H])c([2H])c(-n5c6c([2H])c([2H])c([2H])c([2H])c6c6c([2H])c([2H])c([2H])c([2H])c65)c([2H])c32)c2c([2H])c([2H])c(-n3c5c([2H])c([2H])c([2H])c([2H])c5c5c([2H])c([2H])c([2H])c([2H])c53)c([2H])c2N4c2c(-c3c([2H])c([2H])c([2H])c([2H])c3[2H])c([2H])c(C(C)(C)C)c3c2oc2c([2H])c([2H])c([2H])c([2H])c23)c([2H])c1[2H]. The Morgan fingerprint density at radius 1 is 0.330 bits per heavy atom. The zero-order valence-electron chi connectivity index (χ0n) is 98.1. The second-order valence-electron chi connectivity index (χ2n) is 28.4. The number of anilines is 6. The van der Waals surface area contributed by atoms with Crippen molar-refractivity contribution < 1.29 is 66.4 Å². The third-order valence-corrected chi connectivity index (χ3v) is 19.2. The van der Waals surface area contributed by atoms with Crippen LogP contribution in [0.1, 0.15) is 137 Å². The van der Waals surface area contributed by atoms with Crippen LogP contribution < -0.4 is 26.2 Å². The van der Waals surface area contributed by atoms with Crippen molar-refractivity contribution in [1.29, 1.82) is 0 Å². The summed E-state index contributed by atoms with van der Waals surface area (Å²) in [6.07, 6.45) is 0. The minimum absolute atomic E-state index is 0.103. The summed E-state index contributed by atoms with van der Waals surface area (Å²) in [6.45, 7) is 12.6. The van der Waals surface area contributed by atoms with Crippen molar-refractivity contribution in [3.63, 3.8) is 0 Å². The molecule has 7 heteroatoms. The van der Waals surface area contributed by atoms with Gasteiger partial charge >= 0.3 is 0 Å². The Labute approximate surface area is 659 Å². The lowest BCUT2D eigenvalue weighted by Crippen LogP contribution is -2.61. The maximum Gasteiger partial charge on any atom is 0.252 e. The van der Waals surface area contributed by atoms with Gasteiger partial charge in [0.15, 0.2) is 11.2 Å². The molecule has 0 bridgehead atoms. The Bertz CT molecular complexity index is 8530. The molecule has 2 aliphatic rings. The highest BCUT2D eigenvalue weighted by atomic mass is 16.3. The van der Waals surface area contributed by atoms with Gasteiger partial charge in [-0.2, -0.15) is 0 Å². The number of hydrogen-bond donors (Lipinski definition) is 0. The molecule has 494 valence electrons. The fourth-order valence-electron chi connectivity index (χ4n) is 14.7. The van der Waals surface area contributed by atoms with Crippen LogP contribution in [0.4, 0.5) is 34.1 Å². The molecule has 0 amide bonds. The summed E-state index contributed by atoms with van der Waals surface area (Å²) >= 11 is 0.